The minimum absolute atomic E-state index is 0.0579. The Labute approximate surface area is 205 Å². The molecule has 0 atom stereocenters. The molecule has 0 unspecified atom stereocenters. The van der Waals surface area contributed by atoms with Gasteiger partial charge in [-0.15, -0.1) is 0 Å². The molecule has 0 aliphatic heterocycles. The highest BCUT2D eigenvalue weighted by Gasteiger charge is 2.21. The number of methoxy groups -OCH3 is 1. The summed E-state index contributed by atoms with van der Waals surface area (Å²) in [7, 11) is -0.954. The number of hydrogen-bond donors (Lipinski definition) is 0. The number of esters is 1. The molecule has 0 aliphatic carbocycles. The van der Waals surface area contributed by atoms with Crippen molar-refractivity contribution in [2.75, 3.05) is 20.7 Å². The summed E-state index contributed by atoms with van der Waals surface area (Å²) in [5.74, 6) is -1.24. The van der Waals surface area contributed by atoms with E-state index in [9.17, 15) is 28.1 Å². The number of hydrogen-bond acceptors (Lipinski definition) is 8. The lowest BCUT2D eigenvalue weighted by molar-refractivity contribution is -0.384. The Morgan fingerprint density at radius 3 is 2.49 bits per heavy atom. The molecule has 1 aromatic heterocycles. The number of amides is 1. The van der Waals surface area contributed by atoms with Crippen LogP contribution in [0.15, 0.2) is 52.4 Å². The van der Waals surface area contributed by atoms with Crippen LogP contribution in [-0.2, 0) is 26.1 Å². The number of fused-ring (bicyclic) bond motifs is 1. The minimum atomic E-state index is -3.68. The van der Waals surface area contributed by atoms with Crippen molar-refractivity contribution in [1.82, 2.24) is 8.87 Å². The van der Waals surface area contributed by atoms with Crippen molar-refractivity contribution in [1.29, 1.82) is 0 Å². The average Bonchev–Trinajstić information content (AvgIpc) is 3.17. The molecule has 0 N–H and O–H groups in total. The van der Waals surface area contributed by atoms with Gasteiger partial charge >= 0.3 is 5.97 Å². The normalized spacial score (nSPS) is 12.3. The summed E-state index contributed by atoms with van der Waals surface area (Å²) in [5, 5.41) is 11.1. The number of carbonyl (C=O) groups is 2. The van der Waals surface area contributed by atoms with Gasteiger partial charge in [0.15, 0.2) is 4.80 Å². The SMILES string of the molecule is CCCCN(C)S(=O)(=O)c1ccc(C(=O)N=c2sc3cc([N+](=O)[O-])ccc3n2CC(=O)OC)cc1. The molecule has 0 fully saturated rings. The molecule has 11 nitrogen and oxygen atoms in total. The molecule has 0 spiro atoms. The van der Waals surface area contributed by atoms with Crippen LogP contribution in [0, 0.1) is 10.1 Å². The fourth-order valence-corrected chi connectivity index (χ4v) is 5.48. The third-order valence-corrected chi connectivity index (χ3v) is 8.14. The number of unbranched alkanes of at least 4 members (excludes halogenated alkanes) is 1. The standard InChI is InChI=1S/C22H24N4O7S2/c1-4-5-12-24(2)35(31,32)17-9-6-15(7-10-17)21(28)23-22-25(14-20(27)33-3)18-11-8-16(26(29)30)13-19(18)34-22/h6-11,13H,4-5,12,14H2,1-3H3. The van der Waals surface area contributed by atoms with Crippen LogP contribution in [0.5, 0.6) is 0 Å². The number of sulfonamides is 1. The second-order valence-electron chi connectivity index (χ2n) is 7.58. The number of nitrogens with zero attached hydrogens (tertiary/aromatic N) is 4. The molecule has 0 aliphatic rings. The first-order valence-corrected chi connectivity index (χ1v) is 12.8. The fourth-order valence-electron chi connectivity index (χ4n) is 3.21. The van der Waals surface area contributed by atoms with E-state index in [1.807, 2.05) is 6.92 Å². The summed E-state index contributed by atoms with van der Waals surface area (Å²) in [4.78, 5) is 39.7. The van der Waals surface area contributed by atoms with Gasteiger partial charge in [-0.05, 0) is 36.8 Å². The van der Waals surface area contributed by atoms with Gasteiger partial charge in [0.1, 0.15) is 6.54 Å². The lowest BCUT2D eigenvalue weighted by Gasteiger charge is -2.16. The predicted octanol–water partition coefficient (Wildman–Crippen LogP) is 2.95. The topological polar surface area (TPSA) is 141 Å². The average molecular weight is 521 g/mol. The van der Waals surface area contributed by atoms with E-state index in [2.05, 4.69) is 4.99 Å². The number of benzene rings is 2. The van der Waals surface area contributed by atoms with E-state index in [4.69, 9.17) is 4.74 Å². The maximum atomic E-state index is 12.9. The second kappa shape index (κ2) is 10.9. The third kappa shape index (κ3) is 5.81. The van der Waals surface area contributed by atoms with Gasteiger partial charge in [0.2, 0.25) is 10.0 Å². The first-order valence-electron chi connectivity index (χ1n) is 10.6. The van der Waals surface area contributed by atoms with Gasteiger partial charge in [-0.2, -0.15) is 4.99 Å². The van der Waals surface area contributed by atoms with Crippen LogP contribution in [0.25, 0.3) is 10.2 Å². The van der Waals surface area contributed by atoms with Gasteiger partial charge in [0.25, 0.3) is 11.6 Å². The van der Waals surface area contributed by atoms with Crippen molar-refractivity contribution >= 4 is 49.1 Å². The Morgan fingerprint density at radius 1 is 1.20 bits per heavy atom. The zero-order chi connectivity index (χ0) is 25.8. The fraction of sp³-hybridized carbons (Fsp3) is 0.318. The Kier molecular flexibility index (Phi) is 8.14. The zero-order valence-corrected chi connectivity index (χ0v) is 21.0. The van der Waals surface area contributed by atoms with Crippen molar-refractivity contribution in [2.45, 2.75) is 31.2 Å². The van der Waals surface area contributed by atoms with E-state index in [0.717, 1.165) is 24.2 Å². The first kappa shape index (κ1) is 26.2. The van der Waals surface area contributed by atoms with Crippen molar-refractivity contribution in [2.24, 2.45) is 4.99 Å². The molecule has 1 heterocycles. The molecular formula is C22H24N4O7S2. The number of thiazole rings is 1. The van der Waals surface area contributed by atoms with Crippen LogP contribution in [0.4, 0.5) is 5.69 Å². The summed E-state index contributed by atoms with van der Waals surface area (Å²) < 4.78 is 33.3. The number of aromatic nitrogens is 1. The van der Waals surface area contributed by atoms with Crippen molar-refractivity contribution < 1.29 is 27.7 Å². The molecule has 2 aromatic carbocycles. The first-order chi connectivity index (χ1) is 16.6. The summed E-state index contributed by atoms with van der Waals surface area (Å²) in [6.07, 6.45) is 1.59. The van der Waals surface area contributed by atoms with Crippen LogP contribution in [0.1, 0.15) is 30.1 Å². The maximum absolute atomic E-state index is 12.9. The van der Waals surface area contributed by atoms with E-state index in [1.165, 1.54) is 65.5 Å². The number of nitro groups is 1. The Morgan fingerprint density at radius 2 is 1.89 bits per heavy atom. The van der Waals surface area contributed by atoms with E-state index in [1.54, 1.807) is 0 Å². The van der Waals surface area contributed by atoms with Crippen molar-refractivity contribution in [3.63, 3.8) is 0 Å². The lowest BCUT2D eigenvalue weighted by atomic mass is 10.2. The highest BCUT2D eigenvalue weighted by Crippen LogP contribution is 2.23. The molecule has 0 radical (unpaired) electrons. The molecule has 13 heteroatoms. The maximum Gasteiger partial charge on any atom is 0.325 e. The molecule has 186 valence electrons. The molecule has 3 rings (SSSR count). The number of ether oxygens (including phenoxy) is 1. The monoisotopic (exact) mass is 520 g/mol. The van der Waals surface area contributed by atoms with Crippen LogP contribution in [0.3, 0.4) is 0 Å². The summed E-state index contributed by atoms with van der Waals surface area (Å²) in [6, 6.07) is 9.54. The van der Waals surface area contributed by atoms with Crippen LogP contribution in [0.2, 0.25) is 0 Å². The highest BCUT2D eigenvalue weighted by molar-refractivity contribution is 7.89. The van der Waals surface area contributed by atoms with Crippen LogP contribution in [-0.4, -0.2) is 54.8 Å². The molecule has 0 saturated carbocycles. The number of rotatable bonds is 9. The van der Waals surface area contributed by atoms with E-state index < -0.39 is 26.8 Å². The summed E-state index contributed by atoms with van der Waals surface area (Å²) in [5.41, 5.74) is 0.491. The van der Waals surface area contributed by atoms with E-state index >= 15 is 0 Å². The largest absolute Gasteiger partial charge is 0.468 e. The second-order valence-corrected chi connectivity index (χ2v) is 10.6. The van der Waals surface area contributed by atoms with Crippen molar-refractivity contribution in [3.8, 4) is 0 Å². The van der Waals surface area contributed by atoms with Gasteiger partial charge in [-0.1, -0.05) is 24.7 Å². The van der Waals surface area contributed by atoms with Crippen molar-refractivity contribution in [3.05, 3.63) is 62.9 Å². The predicted molar refractivity (Wildman–Crippen MR) is 130 cm³/mol. The summed E-state index contributed by atoms with van der Waals surface area (Å²) >= 11 is 1.01. The Bertz CT molecular complexity index is 1440. The van der Waals surface area contributed by atoms with Crippen LogP contribution >= 0.6 is 11.3 Å². The summed E-state index contributed by atoms with van der Waals surface area (Å²) in [6.45, 7) is 2.11. The Balaban J connectivity index is 1.99. The van der Waals surface area contributed by atoms with E-state index in [-0.39, 0.29) is 27.5 Å². The van der Waals surface area contributed by atoms with E-state index in [0.29, 0.717) is 16.8 Å². The lowest BCUT2D eigenvalue weighted by Crippen LogP contribution is -2.27. The van der Waals surface area contributed by atoms with Gasteiger partial charge in [0.05, 0.1) is 27.1 Å². The van der Waals surface area contributed by atoms with Gasteiger partial charge in [-0.25, -0.2) is 12.7 Å². The molecular weight excluding hydrogens is 496 g/mol. The molecule has 0 bridgehead atoms. The minimum Gasteiger partial charge on any atom is -0.468 e. The zero-order valence-electron chi connectivity index (χ0n) is 19.3. The molecule has 1 amide bonds. The van der Waals surface area contributed by atoms with Gasteiger partial charge < -0.3 is 9.30 Å². The molecule has 35 heavy (non-hydrogen) atoms. The van der Waals surface area contributed by atoms with Gasteiger partial charge in [-0.3, -0.25) is 19.7 Å². The Hall–Kier alpha value is -3.42. The molecule has 0 saturated heterocycles. The molecule has 3 aromatic rings. The number of nitro benzene ring substituents is 1. The highest BCUT2D eigenvalue weighted by atomic mass is 32.2. The quantitative estimate of drug-likeness (QED) is 0.240. The number of non-ortho nitro benzene ring substituents is 1. The smallest absolute Gasteiger partial charge is 0.325 e. The number of carbonyl (C=O) groups excluding carboxylic acids is 2. The van der Waals surface area contributed by atoms with Crippen LogP contribution < -0.4 is 4.80 Å². The third-order valence-electron chi connectivity index (χ3n) is 5.23. The van der Waals surface area contributed by atoms with Gasteiger partial charge in [0, 0.05) is 31.3 Å².